The standard InChI is InChI=1S/C22H32N2O5/c1-5-28-21(26)11-10-20(25)23-12-14-24(15-13-23)22(27)17(4)29-19-9-7-6-8-18(19)16(2)3/h6-9,16-17H,5,10-15H2,1-4H3. The highest BCUT2D eigenvalue weighted by Crippen LogP contribution is 2.27. The molecule has 0 spiro atoms. The zero-order chi connectivity index (χ0) is 21.4. The molecule has 7 heteroatoms. The van der Waals surface area contributed by atoms with Crippen molar-refractivity contribution in [1.29, 1.82) is 0 Å². The minimum Gasteiger partial charge on any atom is -0.481 e. The molecule has 2 rings (SSSR count). The van der Waals surface area contributed by atoms with Gasteiger partial charge in [-0.25, -0.2) is 0 Å². The third-order valence-corrected chi connectivity index (χ3v) is 4.98. The van der Waals surface area contributed by atoms with Gasteiger partial charge in [0, 0.05) is 32.6 Å². The van der Waals surface area contributed by atoms with E-state index < -0.39 is 6.10 Å². The summed E-state index contributed by atoms with van der Waals surface area (Å²) in [5.74, 6) is 0.513. The molecule has 1 aliphatic rings. The first-order valence-electron chi connectivity index (χ1n) is 10.3. The van der Waals surface area contributed by atoms with Gasteiger partial charge in [0.15, 0.2) is 6.10 Å². The lowest BCUT2D eigenvalue weighted by Gasteiger charge is -2.36. The highest BCUT2D eigenvalue weighted by Gasteiger charge is 2.28. The Bertz CT molecular complexity index is 711. The fourth-order valence-corrected chi connectivity index (χ4v) is 3.34. The molecule has 1 heterocycles. The fourth-order valence-electron chi connectivity index (χ4n) is 3.34. The number of piperazine rings is 1. The number of hydrogen-bond donors (Lipinski definition) is 0. The van der Waals surface area contributed by atoms with Crippen molar-refractivity contribution in [3.05, 3.63) is 29.8 Å². The number of carbonyl (C=O) groups is 3. The summed E-state index contributed by atoms with van der Waals surface area (Å²) in [7, 11) is 0. The normalized spacial score (nSPS) is 15.2. The first kappa shape index (κ1) is 22.7. The van der Waals surface area contributed by atoms with E-state index in [1.807, 2.05) is 24.3 Å². The van der Waals surface area contributed by atoms with Crippen molar-refractivity contribution < 1.29 is 23.9 Å². The van der Waals surface area contributed by atoms with Gasteiger partial charge in [-0.05, 0) is 31.4 Å². The van der Waals surface area contributed by atoms with Crippen LogP contribution in [0.3, 0.4) is 0 Å². The first-order chi connectivity index (χ1) is 13.8. The Morgan fingerprint density at radius 3 is 2.21 bits per heavy atom. The number of nitrogens with zero attached hydrogens (tertiary/aromatic N) is 2. The van der Waals surface area contributed by atoms with Crippen LogP contribution >= 0.6 is 0 Å². The fraction of sp³-hybridized carbons (Fsp3) is 0.591. The molecule has 0 saturated carbocycles. The predicted octanol–water partition coefficient (Wildman–Crippen LogP) is 2.59. The molecule has 1 aromatic carbocycles. The van der Waals surface area contributed by atoms with Crippen molar-refractivity contribution in [2.75, 3.05) is 32.8 Å². The third kappa shape index (κ3) is 6.48. The zero-order valence-corrected chi connectivity index (χ0v) is 17.8. The maximum Gasteiger partial charge on any atom is 0.306 e. The molecule has 0 N–H and O–H groups in total. The van der Waals surface area contributed by atoms with E-state index in [-0.39, 0.29) is 30.6 Å². The van der Waals surface area contributed by atoms with Crippen molar-refractivity contribution in [3.63, 3.8) is 0 Å². The number of ether oxygens (including phenoxy) is 2. The number of amides is 2. The number of carbonyl (C=O) groups excluding carboxylic acids is 3. The van der Waals surface area contributed by atoms with E-state index in [0.717, 1.165) is 11.3 Å². The van der Waals surface area contributed by atoms with E-state index in [0.29, 0.717) is 38.7 Å². The van der Waals surface area contributed by atoms with Gasteiger partial charge in [0.25, 0.3) is 5.91 Å². The van der Waals surface area contributed by atoms with Gasteiger partial charge >= 0.3 is 5.97 Å². The smallest absolute Gasteiger partial charge is 0.306 e. The molecule has 1 aliphatic heterocycles. The van der Waals surface area contributed by atoms with Gasteiger partial charge in [-0.1, -0.05) is 32.0 Å². The molecule has 0 aliphatic carbocycles. The van der Waals surface area contributed by atoms with Crippen LogP contribution in [0, 0.1) is 0 Å². The van der Waals surface area contributed by atoms with Gasteiger partial charge in [0.2, 0.25) is 5.91 Å². The van der Waals surface area contributed by atoms with Crippen molar-refractivity contribution in [2.45, 2.75) is 52.6 Å². The van der Waals surface area contributed by atoms with Gasteiger partial charge in [-0.3, -0.25) is 14.4 Å². The Morgan fingerprint density at radius 1 is 0.966 bits per heavy atom. The van der Waals surface area contributed by atoms with Crippen LogP contribution in [0.1, 0.15) is 52.0 Å². The average molecular weight is 405 g/mol. The second kappa shape index (κ2) is 10.8. The monoisotopic (exact) mass is 404 g/mol. The van der Waals surface area contributed by atoms with Crippen molar-refractivity contribution in [1.82, 2.24) is 9.80 Å². The van der Waals surface area contributed by atoms with Crippen LogP contribution in [0.25, 0.3) is 0 Å². The summed E-state index contributed by atoms with van der Waals surface area (Å²) in [4.78, 5) is 39.9. The van der Waals surface area contributed by atoms with Crippen LogP contribution in [-0.2, 0) is 19.1 Å². The number of benzene rings is 1. The predicted molar refractivity (Wildman–Crippen MR) is 110 cm³/mol. The van der Waals surface area contributed by atoms with Crippen LogP contribution < -0.4 is 4.74 Å². The van der Waals surface area contributed by atoms with E-state index in [2.05, 4.69) is 13.8 Å². The number of rotatable bonds is 8. The molecule has 0 bridgehead atoms. The maximum atomic E-state index is 12.8. The summed E-state index contributed by atoms with van der Waals surface area (Å²) >= 11 is 0. The summed E-state index contributed by atoms with van der Waals surface area (Å²) < 4.78 is 10.8. The number of hydrogen-bond acceptors (Lipinski definition) is 5. The molecule has 1 unspecified atom stereocenters. The largest absolute Gasteiger partial charge is 0.481 e. The van der Waals surface area contributed by atoms with Gasteiger partial charge in [-0.2, -0.15) is 0 Å². The van der Waals surface area contributed by atoms with Crippen LogP contribution in [0.2, 0.25) is 0 Å². The molecule has 1 aromatic rings. The Labute approximate surface area is 172 Å². The summed E-state index contributed by atoms with van der Waals surface area (Å²) in [6.45, 7) is 9.84. The van der Waals surface area contributed by atoms with Crippen LogP contribution in [0.15, 0.2) is 24.3 Å². The summed E-state index contributed by atoms with van der Waals surface area (Å²) in [6, 6.07) is 7.77. The van der Waals surface area contributed by atoms with Gasteiger partial charge in [0.05, 0.1) is 13.0 Å². The van der Waals surface area contributed by atoms with E-state index in [4.69, 9.17) is 9.47 Å². The highest BCUT2D eigenvalue weighted by molar-refractivity contribution is 5.83. The Balaban J connectivity index is 1.83. The molecule has 0 aromatic heterocycles. The van der Waals surface area contributed by atoms with Crippen molar-refractivity contribution in [3.8, 4) is 5.75 Å². The minimum atomic E-state index is -0.596. The van der Waals surface area contributed by atoms with Crippen molar-refractivity contribution >= 4 is 17.8 Å². The topological polar surface area (TPSA) is 76.2 Å². The summed E-state index contributed by atoms with van der Waals surface area (Å²) in [6.07, 6.45) is -0.370. The molecule has 0 radical (unpaired) electrons. The molecule has 160 valence electrons. The Morgan fingerprint density at radius 2 is 1.59 bits per heavy atom. The van der Waals surface area contributed by atoms with Crippen LogP contribution in [0.4, 0.5) is 0 Å². The molecule has 7 nitrogen and oxygen atoms in total. The summed E-state index contributed by atoms with van der Waals surface area (Å²) in [5.41, 5.74) is 1.07. The zero-order valence-electron chi connectivity index (χ0n) is 17.8. The van der Waals surface area contributed by atoms with E-state index in [1.54, 1.807) is 23.6 Å². The molecule has 1 saturated heterocycles. The lowest BCUT2D eigenvalue weighted by Crippen LogP contribution is -2.53. The molecule has 2 amide bonds. The first-order valence-corrected chi connectivity index (χ1v) is 10.3. The number of para-hydroxylation sites is 1. The maximum absolute atomic E-state index is 12.8. The number of esters is 1. The molecular weight excluding hydrogens is 372 g/mol. The Kier molecular flexibility index (Phi) is 8.49. The molecule has 29 heavy (non-hydrogen) atoms. The van der Waals surface area contributed by atoms with E-state index >= 15 is 0 Å². The van der Waals surface area contributed by atoms with Crippen molar-refractivity contribution in [2.24, 2.45) is 0 Å². The SMILES string of the molecule is CCOC(=O)CCC(=O)N1CCN(C(=O)C(C)Oc2ccccc2C(C)C)CC1. The lowest BCUT2D eigenvalue weighted by atomic mass is 10.0. The van der Waals surface area contributed by atoms with Crippen LogP contribution in [-0.4, -0.2) is 66.5 Å². The lowest BCUT2D eigenvalue weighted by molar-refractivity contribution is -0.147. The molecule has 1 atom stereocenters. The van der Waals surface area contributed by atoms with Gasteiger partial charge < -0.3 is 19.3 Å². The van der Waals surface area contributed by atoms with E-state index in [9.17, 15) is 14.4 Å². The second-order valence-electron chi connectivity index (χ2n) is 7.46. The Hall–Kier alpha value is -2.57. The summed E-state index contributed by atoms with van der Waals surface area (Å²) in [5, 5.41) is 0. The third-order valence-electron chi connectivity index (χ3n) is 4.98. The van der Waals surface area contributed by atoms with Crippen LogP contribution in [0.5, 0.6) is 5.75 Å². The highest BCUT2D eigenvalue weighted by atomic mass is 16.5. The second-order valence-corrected chi connectivity index (χ2v) is 7.46. The molecule has 1 fully saturated rings. The average Bonchev–Trinajstić information content (AvgIpc) is 2.72. The minimum absolute atomic E-state index is 0.0813. The molecular formula is C22H32N2O5. The van der Waals surface area contributed by atoms with E-state index in [1.165, 1.54) is 0 Å². The quantitative estimate of drug-likeness (QED) is 0.623. The van der Waals surface area contributed by atoms with Gasteiger partial charge in [0.1, 0.15) is 5.75 Å². The van der Waals surface area contributed by atoms with Gasteiger partial charge in [-0.15, -0.1) is 0 Å².